The van der Waals surface area contributed by atoms with Crippen LogP contribution in [0.1, 0.15) is 37.6 Å². The second-order valence-corrected chi connectivity index (χ2v) is 5.48. The number of anilines is 1. The second-order valence-electron chi connectivity index (χ2n) is 4.66. The molecule has 106 valence electrons. The topological polar surface area (TPSA) is 37.8 Å². The van der Waals surface area contributed by atoms with Gasteiger partial charge in [-0.2, -0.15) is 0 Å². The van der Waals surface area contributed by atoms with Crippen LogP contribution in [0, 0.1) is 0 Å². The Hall–Kier alpha value is -1.32. The van der Waals surface area contributed by atoms with Crippen molar-refractivity contribution in [3.63, 3.8) is 0 Å². The van der Waals surface area contributed by atoms with Crippen molar-refractivity contribution in [2.24, 2.45) is 0 Å². The minimum Gasteiger partial charge on any atom is -0.348 e. The zero-order chi connectivity index (χ0) is 14.5. The highest BCUT2D eigenvalue weighted by Crippen LogP contribution is 2.26. The Morgan fingerprint density at radius 2 is 2.00 bits per heavy atom. The van der Waals surface area contributed by atoms with E-state index in [1.807, 2.05) is 25.1 Å². The summed E-state index contributed by atoms with van der Waals surface area (Å²) in [5.41, 5.74) is 2.09. The van der Waals surface area contributed by atoms with Gasteiger partial charge >= 0.3 is 0 Å². The van der Waals surface area contributed by atoms with E-state index >= 15 is 0 Å². The van der Waals surface area contributed by atoms with E-state index < -0.39 is 0 Å². The van der Waals surface area contributed by atoms with Gasteiger partial charge in [-0.25, -0.2) is 9.97 Å². The number of benzene rings is 1. The van der Waals surface area contributed by atoms with Crippen molar-refractivity contribution in [3.8, 4) is 0 Å². The lowest BCUT2D eigenvalue weighted by Crippen LogP contribution is -2.10. The van der Waals surface area contributed by atoms with Crippen molar-refractivity contribution in [1.29, 1.82) is 0 Å². The molecular weight excluding hydrogens is 293 g/mol. The average molecular weight is 310 g/mol. The zero-order valence-electron chi connectivity index (χ0n) is 11.5. The van der Waals surface area contributed by atoms with Crippen molar-refractivity contribution < 1.29 is 0 Å². The van der Waals surface area contributed by atoms with Gasteiger partial charge in [0.15, 0.2) is 0 Å². The molecule has 5 heteroatoms. The zero-order valence-corrected chi connectivity index (χ0v) is 13.0. The Bertz CT molecular complexity index is 587. The molecule has 20 heavy (non-hydrogen) atoms. The molecule has 0 fully saturated rings. The summed E-state index contributed by atoms with van der Waals surface area (Å²) in [6.45, 7) is 4.17. The van der Waals surface area contributed by atoms with Crippen LogP contribution in [-0.4, -0.2) is 9.97 Å². The van der Waals surface area contributed by atoms with Crippen molar-refractivity contribution in [2.45, 2.75) is 32.7 Å². The number of aryl methyl sites for hydroxylation is 1. The Labute approximate surface area is 129 Å². The SMILES string of the molecule is CCCc1ccnc(N[C@H](C)c2ccc(Cl)c(Cl)c2)n1. The molecule has 1 aromatic carbocycles. The lowest BCUT2D eigenvalue weighted by molar-refractivity contribution is 0.834. The van der Waals surface area contributed by atoms with Crippen LogP contribution in [0.25, 0.3) is 0 Å². The summed E-state index contributed by atoms with van der Waals surface area (Å²) in [4.78, 5) is 8.73. The van der Waals surface area contributed by atoms with Gasteiger partial charge in [0.05, 0.1) is 16.1 Å². The first-order chi connectivity index (χ1) is 9.60. The molecule has 1 aromatic heterocycles. The van der Waals surface area contributed by atoms with E-state index in [9.17, 15) is 0 Å². The highest BCUT2D eigenvalue weighted by atomic mass is 35.5. The van der Waals surface area contributed by atoms with E-state index in [4.69, 9.17) is 23.2 Å². The fraction of sp³-hybridized carbons (Fsp3) is 0.333. The quantitative estimate of drug-likeness (QED) is 0.852. The van der Waals surface area contributed by atoms with Crippen molar-refractivity contribution >= 4 is 29.2 Å². The Kier molecular flexibility index (Phi) is 5.21. The third-order valence-electron chi connectivity index (χ3n) is 3.01. The third-order valence-corrected chi connectivity index (χ3v) is 3.75. The van der Waals surface area contributed by atoms with Crippen LogP contribution in [-0.2, 0) is 6.42 Å². The van der Waals surface area contributed by atoms with Crippen molar-refractivity contribution in [3.05, 3.63) is 51.8 Å². The van der Waals surface area contributed by atoms with Gasteiger partial charge < -0.3 is 5.32 Å². The molecule has 0 aliphatic heterocycles. The lowest BCUT2D eigenvalue weighted by atomic mass is 10.1. The van der Waals surface area contributed by atoms with Crippen LogP contribution in [0.4, 0.5) is 5.95 Å². The first kappa shape index (κ1) is 15.1. The highest BCUT2D eigenvalue weighted by molar-refractivity contribution is 6.42. The average Bonchev–Trinajstić information content (AvgIpc) is 2.42. The smallest absolute Gasteiger partial charge is 0.223 e. The highest BCUT2D eigenvalue weighted by Gasteiger charge is 2.09. The maximum atomic E-state index is 6.04. The summed E-state index contributed by atoms with van der Waals surface area (Å²) in [5, 5.41) is 4.39. The van der Waals surface area contributed by atoms with Gasteiger partial charge in [0.1, 0.15) is 0 Å². The van der Waals surface area contributed by atoms with Gasteiger partial charge in [-0.3, -0.25) is 0 Å². The molecule has 0 amide bonds. The molecule has 2 rings (SSSR count). The standard InChI is InChI=1S/C15H17Cl2N3/c1-3-4-12-7-8-18-15(20-12)19-10(2)11-5-6-13(16)14(17)9-11/h5-10H,3-4H2,1-2H3,(H,18,19,20)/t10-/m1/s1. The molecule has 3 nitrogen and oxygen atoms in total. The maximum absolute atomic E-state index is 6.04. The number of hydrogen-bond donors (Lipinski definition) is 1. The van der Waals surface area contributed by atoms with Crippen LogP contribution in [0.3, 0.4) is 0 Å². The minimum atomic E-state index is 0.0571. The summed E-state index contributed by atoms with van der Waals surface area (Å²) in [6, 6.07) is 7.60. The normalized spacial score (nSPS) is 12.2. The van der Waals surface area contributed by atoms with Crippen LogP contribution >= 0.6 is 23.2 Å². The molecule has 0 saturated carbocycles. The number of hydrogen-bond acceptors (Lipinski definition) is 3. The fourth-order valence-electron chi connectivity index (χ4n) is 1.92. The summed E-state index contributed by atoms with van der Waals surface area (Å²) in [7, 11) is 0. The number of aromatic nitrogens is 2. The summed E-state index contributed by atoms with van der Waals surface area (Å²) >= 11 is 12.0. The molecule has 1 heterocycles. The van der Waals surface area contributed by atoms with Crippen LogP contribution in [0.2, 0.25) is 10.0 Å². The molecule has 0 unspecified atom stereocenters. The first-order valence-electron chi connectivity index (χ1n) is 6.63. The second kappa shape index (κ2) is 6.91. The van der Waals surface area contributed by atoms with Crippen molar-refractivity contribution in [2.75, 3.05) is 5.32 Å². The van der Waals surface area contributed by atoms with Crippen molar-refractivity contribution in [1.82, 2.24) is 9.97 Å². The Balaban J connectivity index is 2.12. The van der Waals surface area contributed by atoms with Gasteiger partial charge in [0.2, 0.25) is 5.95 Å². The van der Waals surface area contributed by atoms with Gasteiger partial charge in [-0.15, -0.1) is 0 Å². The summed E-state index contributed by atoms with van der Waals surface area (Å²) < 4.78 is 0. The fourth-order valence-corrected chi connectivity index (χ4v) is 2.23. The molecule has 2 aromatic rings. The van der Waals surface area contributed by atoms with E-state index in [-0.39, 0.29) is 6.04 Å². The molecule has 0 radical (unpaired) electrons. The van der Waals surface area contributed by atoms with E-state index in [0.717, 1.165) is 24.1 Å². The Morgan fingerprint density at radius 3 is 2.70 bits per heavy atom. The van der Waals surface area contributed by atoms with Crippen LogP contribution in [0.15, 0.2) is 30.5 Å². The molecule has 1 N–H and O–H groups in total. The largest absolute Gasteiger partial charge is 0.348 e. The number of nitrogens with zero attached hydrogens (tertiary/aromatic N) is 2. The van der Waals surface area contributed by atoms with Gasteiger partial charge in [0, 0.05) is 11.9 Å². The predicted octanol–water partition coefficient (Wildman–Crippen LogP) is 4.91. The maximum Gasteiger partial charge on any atom is 0.223 e. The molecule has 0 aliphatic rings. The number of halogens is 2. The molecular formula is C15H17Cl2N3. The van der Waals surface area contributed by atoms with Gasteiger partial charge in [-0.1, -0.05) is 42.6 Å². The third kappa shape index (κ3) is 3.84. The molecule has 1 atom stereocenters. The van der Waals surface area contributed by atoms with Crippen LogP contribution in [0.5, 0.6) is 0 Å². The van der Waals surface area contributed by atoms with E-state index in [1.165, 1.54) is 0 Å². The van der Waals surface area contributed by atoms with Gasteiger partial charge in [0.25, 0.3) is 0 Å². The van der Waals surface area contributed by atoms with E-state index in [0.29, 0.717) is 16.0 Å². The lowest BCUT2D eigenvalue weighted by Gasteiger charge is -2.15. The summed E-state index contributed by atoms with van der Waals surface area (Å²) in [5.74, 6) is 0.634. The molecule has 0 bridgehead atoms. The van der Waals surface area contributed by atoms with E-state index in [1.54, 1.807) is 12.3 Å². The number of nitrogens with one attached hydrogen (secondary N) is 1. The first-order valence-corrected chi connectivity index (χ1v) is 7.39. The number of rotatable bonds is 5. The van der Waals surface area contributed by atoms with Gasteiger partial charge in [-0.05, 0) is 37.1 Å². The molecule has 0 saturated heterocycles. The van der Waals surface area contributed by atoms with Crippen LogP contribution < -0.4 is 5.32 Å². The molecule has 0 aliphatic carbocycles. The molecule has 0 spiro atoms. The van der Waals surface area contributed by atoms with E-state index in [2.05, 4.69) is 22.2 Å². The monoisotopic (exact) mass is 309 g/mol. The predicted molar refractivity (Wildman–Crippen MR) is 84.5 cm³/mol. The Morgan fingerprint density at radius 1 is 1.20 bits per heavy atom. The minimum absolute atomic E-state index is 0.0571. The summed E-state index contributed by atoms with van der Waals surface area (Å²) in [6.07, 6.45) is 3.80.